The van der Waals surface area contributed by atoms with Crippen LogP contribution in [0.2, 0.25) is 0 Å². The minimum atomic E-state index is 0.749. The third kappa shape index (κ3) is 1.95. The first kappa shape index (κ1) is 7.03. The predicted octanol–water partition coefficient (Wildman–Crippen LogP) is 0.777. The van der Waals surface area contributed by atoms with E-state index in [-0.39, 0.29) is 0 Å². The highest BCUT2D eigenvalue weighted by Crippen LogP contribution is 2.25. The number of hydrogen-bond donors (Lipinski definition) is 1. The fourth-order valence-electron chi connectivity index (χ4n) is 1.15. The van der Waals surface area contributed by atoms with Gasteiger partial charge in [0.15, 0.2) is 0 Å². The van der Waals surface area contributed by atoms with Crippen molar-refractivity contribution in [1.82, 2.24) is 4.90 Å². The minimum Gasteiger partial charge on any atom is -0.318 e. The third-order valence-corrected chi connectivity index (χ3v) is 1.81. The summed E-state index contributed by atoms with van der Waals surface area (Å²) in [6.45, 7) is 4.13. The predicted molar refractivity (Wildman–Crippen MR) is 39.1 cm³/mol. The SMILES string of the molecule is CCCN(CN)C1CC1. The van der Waals surface area contributed by atoms with Crippen molar-refractivity contribution in [2.75, 3.05) is 13.2 Å². The first-order valence-corrected chi connectivity index (χ1v) is 3.82. The Morgan fingerprint density at radius 3 is 2.56 bits per heavy atom. The van der Waals surface area contributed by atoms with Crippen molar-refractivity contribution in [2.45, 2.75) is 32.2 Å². The molecule has 54 valence electrons. The molecule has 0 saturated heterocycles. The van der Waals surface area contributed by atoms with Gasteiger partial charge in [0.05, 0.1) is 0 Å². The molecule has 0 atom stereocenters. The number of nitrogens with two attached hydrogens (primary N) is 1. The zero-order valence-electron chi connectivity index (χ0n) is 6.14. The van der Waals surface area contributed by atoms with Crippen LogP contribution in [0.1, 0.15) is 26.2 Å². The molecule has 0 aromatic heterocycles. The Morgan fingerprint density at radius 1 is 1.56 bits per heavy atom. The molecule has 1 saturated carbocycles. The van der Waals surface area contributed by atoms with Crippen LogP contribution in [-0.2, 0) is 0 Å². The quantitative estimate of drug-likeness (QED) is 0.567. The van der Waals surface area contributed by atoms with Gasteiger partial charge in [-0.1, -0.05) is 6.92 Å². The molecule has 1 rings (SSSR count). The summed E-state index contributed by atoms with van der Waals surface area (Å²) in [4.78, 5) is 2.36. The van der Waals surface area contributed by atoms with E-state index in [1.165, 1.54) is 25.8 Å². The third-order valence-electron chi connectivity index (χ3n) is 1.81. The molecule has 0 aromatic rings. The van der Waals surface area contributed by atoms with E-state index in [0.717, 1.165) is 12.7 Å². The van der Waals surface area contributed by atoms with Gasteiger partial charge in [0.2, 0.25) is 0 Å². The van der Waals surface area contributed by atoms with E-state index in [4.69, 9.17) is 5.73 Å². The van der Waals surface area contributed by atoms with Crippen molar-refractivity contribution < 1.29 is 0 Å². The second kappa shape index (κ2) is 3.18. The highest BCUT2D eigenvalue weighted by atomic mass is 15.2. The van der Waals surface area contributed by atoms with Crippen molar-refractivity contribution in [3.8, 4) is 0 Å². The highest BCUT2D eigenvalue weighted by Gasteiger charge is 2.26. The highest BCUT2D eigenvalue weighted by molar-refractivity contribution is 4.83. The van der Waals surface area contributed by atoms with Crippen LogP contribution < -0.4 is 5.73 Å². The fraction of sp³-hybridized carbons (Fsp3) is 1.00. The average Bonchev–Trinajstić information content (AvgIpc) is 2.64. The number of rotatable bonds is 4. The van der Waals surface area contributed by atoms with Crippen molar-refractivity contribution in [3.63, 3.8) is 0 Å². The lowest BCUT2D eigenvalue weighted by Gasteiger charge is -2.17. The Labute approximate surface area is 57.0 Å². The summed E-state index contributed by atoms with van der Waals surface area (Å²) in [5.74, 6) is 0. The van der Waals surface area contributed by atoms with E-state index < -0.39 is 0 Å². The van der Waals surface area contributed by atoms with Crippen molar-refractivity contribution in [1.29, 1.82) is 0 Å². The standard InChI is InChI=1S/C7H16N2/c1-2-5-9(6-8)7-3-4-7/h7H,2-6,8H2,1H3. The van der Waals surface area contributed by atoms with Crippen LogP contribution in [0, 0.1) is 0 Å². The molecule has 0 aliphatic heterocycles. The molecular weight excluding hydrogens is 112 g/mol. The van der Waals surface area contributed by atoms with Gasteiger partial charge in [0, 0.05) is 12.7 Å². The monoisotopic (exact) mass is 128 g/mol. The molecule has 1 fully saturated rings. The second-order valence-corrected chi connectivity index (χ2v) is 2.73. The lowest BCUT2D eigenvalue weighted by molar-refractivity contribution is 0.272. The summed E-state index contributed by atoms with van der Waals surface area (Å²) >= 11 is 0. The van der Waals surface area contributed by atoms with E-state index in [1.807, 2.05) is 0 Å². The molecule has 9 heavy (non-hydrogen) atoms. The average molecular weight is 128 g/mol. The van der Waals surface area contributed by atoms with E-state index in [9.17, 15) is 0 Å². The summed E-state index contributed by atoms with van der Waals surface area (Å²) in [5, 5.41) is 0. The molecule has 0 unspecified atom stereocenters. The number of hydrogen-bond acceptors (Lipinski definition) is 2. The van der Waals surface area contributed by atoms with Crippen LogP contribution >= 0.6 is 0 Å². The Morgan fingerprint density at radius 2 is 2.22 bits per heavy atom. The summed E-state index contributed by atoms with van der Waals surface area (Å²) in [5.41, 5.74) is 5.53. The van der Waals surface area contributed by atoms with E-state index in [2.05, 4.69) is 11.8 Å². The van der Waals surface area contributed by atoms with Gasteiger partial charge in [-0.3, -0.25) is 4.90 Å². The van der Waals surface area contributed by atoms with Crippen LogP contribution in [0.5, 0.6) is 0 Å². The summed E-state index contributed by atoms with van der Waals surface area (Å²) in [6, 6.07) is 0.843. The molecule has 0 aromatic carbocycles. The lowest BCUT2D eigenvalue weighted by Crippen LogP contribution is -2.32. The van der Waals surface area contributed by atoms with Crippen molar-refractivity contribution in [2.24, 2.45) is 5.73 Å². The topological polar surface area (TPSA) is 29.3 Å². The van der Waals surface area contributed by atoms with E-state index in [0.29, 0.717) is 0 Å². The van der Waals surface area contributed by atoms with Crippen LogP contribution in [0.3, 0.4) is 0 Å². The molecular formula is C7H16N2. The molecule has 0 spiro atoms. The Balaban J connectivity index is 2.12. The summed E-state index contributed by atoms with van der Waals surface area (Å²) in [7, 11) is 0. The van der Waals surface area contributed by atoms with Crippen molar-refractivity contribution >= 4 is 0 Å². The maximum absolute atomic E-state index is 5.53. The smallest absolute Gasteiger partial charge is 0.0457 e. The van der Waals surface area contributed by atoms with Crippen LogP contribution in [0.15, 0.2) is 0 Å². The molecule has 2 nitrogen and oxygen atoms in total. The molecule has 1 aliphatic rings. The lowest BCUT2D eigenvalue weighted by atomic mass is 10.4. The van der Waals surface area contributed by atoms with E-state index in [1.54, 1.807) is 0 Å². The van der Waals surface area contributed by atoms with Gasteiger partial charge in [0.25, 0.3) is 0 Å². The first-order chi connectivity index (χ1) is 4.38. The molecule has 2 heteroatoms. The Kier molecular flexibility index (Phi) is 2.49. The van der Waals surface area contributed by atoms with Gasteiger partial charge < -0.3 is 5.73 Å². The first-order valence-electron chi connectivity index (χ1n) is 3.82. The Bertz CT molecular complexity index is 79.0. The fourth-order valence-corrected chi connectivity index (χ4v) is 1.15. The largest absolute Gasteiger partial charge is 0.318 e. The normalized spacial score (nSPS) is 19.0. The maximum Gasteiger partial charge on any atom is 0.0457 e. The van der Waals surface area contributed by atoms with Crippen molar-refractivity contribution in [3.05, 3.63) is 0 Å². The minimum absolute atomic E-state index is 0.749. The molecule has 0 bridgehead atoms. The van der Waals surface area contributed by atoms with Gasteiger partial charge in [-0.15, -0.1) is 0 Å². The van der Waals surface area contributed by atoms with E-state index >= 15 is 0 Å². The zero-order valence-corrected chi connectivity index (χ0v) is 6.14. The summed E-state index contributed by atoms with van der Waals surface area (Å²) < 4.78 is 0. The van der Waals surface area contributed by atoms with Gasteiger partial charge in [-0.25, -0.2) is 0 Å². The van der Waals surface area contributed by atoms with Gasteiger partial charge >= 0.3 is 0 Å². The molecule has 0 amide bonds. The number of nitrogens with zero attached hydrogens (tertiary/aromatic N) is 1. The molecule has 1 aliphatic carbocycles. The maximum atomic E-state index is 5.53. The van der Waals surface area contributed by atoms with Gasteiger partial charge in [0.1, 0.15) is 0 Å². The summed E-state index contributed by atoms with van der Waals surface area (Å²) in [6.07, 6.45) is 3.97. The van der Waals surface area contributed by atoms with Crippen LogP contribution in [-0.4, -0.2) is 24.2 Å². The Hall–Kier alpha value is -0.0800. The molecule has 0 heterocycles. The van der Waals surface area contributed by atoms with Crippen LogP contribution in [0.4, 0.5) is 0 Å². The second-order valence-electron chi connectivity index (χ2n) is 2.73. The van der Waals surface area contributed by atoms with Crippen LogP contribution in [0.25, 0.3) is 0 Å². The van der Waals surface area contributed by atoms with Gasteiger partial charge in [-0.2, -0.15) is 0 Å². The molecule has 2 N–H and O–H groups in total. The van der Waals surface area contributed by atoms with Gasteiger partial charge in [-0.05, 0) is 25.8 Å². The zero-order chi connectivity index (χ0) is 6.69. The molecule has 0 radical (unpaired) electrons.